The first-order valence-corrected chi connectivity index (χ1v) is 2.95. The summed E-state index contributed by atoms with van der Waals surface area (Å²) in [6.07, 6.45) is -9.16. The van der Waals surface area contributed by atoms with Crippen molar-refractivity contribution < 1.29 is 30.9 Å². The summed E-state index contributed by atoms with van der Waals surface area (Å²) >= 11 is 0. The highest BCUT2D eigenvalue weighted by Gasteiger charge is 2.43. The van der Waals surface area contributed by atoms with Crippen LogP contribution < -0.4 is 4.57 Å². The fraction of sp³-hybridized carbons (Fsp3) is 0.400. The number of aromatic nitrogens is 2. The lowest BCUT2D eigenvalue weighted by Crippen LogP contribution is -2.45. The topological polar surface area (TPSA) is 8.81 Å². The first kappa shape index (κ1) is 9.87. The summed E-state index contributed by atoms with van der Waals surface area (Å²) in [4.78, 5) is 0. The van der Waals surface area contributed by atoms with Crippen LogP contribution in [-0.4, -0.2) is 4.57 Å². The van der Waals surface area contributed by atoms with Gasteiger partial charge >= 0.3 is 12.6 Å². The number of nitrogens with zero attached hydrogens (tertiary/aromatic N) is 2. The average molecular weight is 205 g/mol. The van der Waals surface area contributed by atoms with Gasteiger partial charge < -0.3 is 0 Å². The minimum absolute atomic E-state index is 0.0833. The summed E-state index contributed by atoms with van der Waals surface area (Å²) in [7, 11) is 0. The van der Waals surface area contributed by atoms with Crippen LogP contribution in [0.4, 0.5) is 26.3 Å². The predicted molar refractivity (Wildman–Crippen MR) is 27.2 cm³/mol. The largest absolute Gasteiger partial charge is 0.567 e. The lowest BCUT2D eigenvalue weighted by Gasteiger charge is -2.00. The van der Waals surface area contributed by atoms with Gasteiger partial charge in [-0.2, -0.15) is 0 Å². The summed E-state index contributed by atoms with van der Waals surface area (Å²) < 4.78 is 69.7. The number of rotatable bonds is 0. The molecule has 2 nitrogen and oxygen atoms in total. The Labute approximate surface area is 68.0 Å². The molecule has 74 valence electrons. The molecule has 0 aromatic carbocycles. The van der Waals surface area contributed by atoms with Gasteiger partial charge in [-0.25, -0.2) is 0 Å². The first-order chi connectivity index (χ1) is 5.71. The van der Waals surface area contributed by atoms with Crippen LogP contribution in [0.3, 0.4) is 0 Å². The molecule has 0 radical (unpaired) electrons. The molecule has 1 aromatic heterocycles. The van der Waals surface area contributed by atoms with Crippen molar-refractivity contribution in [2.75, 3.05) is 0 Å². The van der Waals surface area contributed by atoms with Crippen LogP contribution in [0.15, 0.2) is 18.7 Å². The number of alkyl halides is 6. The minimum atomic E-state index is -4.82. The third-order valence-corrected chi connectivity index (χ3v) is 1.22. The third kappa shape index (κ3) is 2.13. The molecular formula is C5H3F6N2+. The van der Waals surface area contributed by atoms with Crippen LogP contribution in [0.5, 0.6) is 0 Å². The van der Waals surface area contributed by atoms with Crippen molar-refractivity contribution >= 4 is 0 Å². The second-order valence-corrected chi connectivity index (χ2v) is 2.16. The van der Waals surface area contributed by atoms with Crippen molar-refractivity contribution in [2.45, 2.75) is 12.6 Å². The van der Waals surface area contributed by atoms with E-state index in [2.05, 4.69) is 0 Å². The molecule has 0 amide bonds. The SMILES string of the molecule is FC(F)(F)n1cc[n+](C(F)(F)F)c1. The van der Waals surface area contributed by atoms with Crippen molar-refractivity contribution in [3.8, 4) is 0 Å². The van der Waals surface area contributed by atoms with Crippen LogP contribution >= 0.6 is 0 Å². The summed E-state index contributed by atoms with van der Waals surface area (Å²) in [5, 5.41) is 0. The normalized spacial score (nSPS) is 13.4. The van der Waals surface area contributed by atoms with Gasteiger partial charge in [-0.1, -0.05) is 0 Å². The number of hydrogen-bond acceptors (Lipinski definition) is 0. The van der Waals surface area contributed by atoms with Gasteiger partial charge in [0.25, 0.3) is 6.33 Å². The van der Waals surface area contributed by atoms with E-state index in [-0.39, 0.29) is 18.7 Å². The van der Waals surface area contributed by atoms with E-state index in [1.54, 1.807) is 0 Å². The van der Waals surface area contributed by atoms with Crippen molar-refractivity contribution in [2.24, 2.45) is 0 Å². The first-order valence-electron chi connectivity index (χ1n) is 2.95. The van der Waals surface area contributed by atoms with Crippen molar-refractivity contribution in [3.05, 3.63) is 18.7 Å². The number of halogens is 6. The van der Waals surface area contributed by atoms with E-state index in [0.29, 0.717) is 0 Å². The van der Waals surface area contributed by atoms with E-state index in [1.807, 2.05) is 0 Å². The second-order valence-electron chi connectivity index (χ2n) is 2.16. The third-order valence-electron chi connectivity index (χ3n) is 1.22. The summed E-state index contributed by atoms with van der Waals surface area (Å²) in [5.41, 5.74) is 0. The van der Waals surface area contributed by atoms with Crippen LogP contribution in [0, 0.1) is 0 Å². The standard InChI is InChI=1S/C5H3F6N2/c6-4(7,8)12-1-2-13(3-12)5(9,10)11/h1-3H/q+1. The second kappa shape index (κ2) is 2.64. The molecule has 0 aliphatic carbocycles. The number of imidazole rings is 1. The molecule has 13 heavy (non-hydrogen) atoms. The quantitative estimate of drug-likeness (QED) is 0.450. The van der Waals surface area contributed by atoms with E-state index in [0.717, 1.165) is 0 Å². The Morgan fingerprint density at radius 2 is 1.54 bits per heavy atom. The Hall–Kier alpha value is -1.21. The Bertz CT molecular complexity index is 266. The lowest BCUT2D eigenvalue weighted by atomic mass is 10.8. The molecule has 0 saturated heterocycles. The Morgan fingerprint density at radius 3 is 1.77 bits per heavy atom. The average Bonchev–Trinajstić information content (AvgIpc) is 2.28. The number of hydrogen-bond donors (Lipinski definition) is 0. The van der Waals surface area contributed by atoms with E-state index < -0.39 is 21.7 Å². The Balaban J connectivity index is 3.01. The Kier molecular flexibility index (Phi) is 2.01. The molecular weight excluding hydrogens is 202 g/mol. The zero-order chi connectivity index (χ0) is 10.3. The maximum Gasteiger partial charge on any atom is 0.567 e. The molecule has 0 aliphatic heterocycles. The van der Waals surface area contributed by atoms with Gasteiger partial charge in [-0.3, -0.25) is 0 Å². The van der Waals surface area contributed by atoms with Gasteiger partial charge in [0.15, 0.2) is 0 Å². The molecule has 0 spiro atoms. The monoisotopic (exact) mass is 205 g/mol. The van der Waals surface area contributed by atoms with Gasteiger partial charge in [-0.15, -0.1) is 35.5 Å². The fourth-order valence-corrected chi connectivity index (χ4v) is 0.655. The van der Waals surface area contributed by atoms with Crippen LogP contribution in [0.2, 0.25) is 0 Å². The molecule has 0 aliphatic rings. The molecule has 1 aromatic rings. The highest BCUT2D eigenvalue weighted by Crippen LogP contribution is 2.22. The summed E-state index contributed by atoms with van der Waals surface area (Å²) in [5.74, 6) is 0. The highest BCUT2D eigenvalue weighted by atomic mass is 19.4. The van der Waals surface area contributed by atoms with Gasteiger partial charge in [0.2, 0.25) is 0 Å². The van der Waals surface area contributed by atoms with Gasteiger partial charge in [0, 0.05) is 0 Å². The molecule has 1 rings (SSSR count). The molecule has 8 heteroatoms. The predicted octanol–water partition coefficient (Wildman–Crippen LogP) is 1.73. The maximum absolute atomic E-state index is 11.8. The van der Waals surface area contributed by atoms with Gasteiger partial charge in [0.05, 0.1) is 0 Å². The summed E-state index contributed by atoms with van der Waals surface area (Å²) in [6.45, 7) is 0. The van der Waals surface area contributed by atoms with Gasteiger partial charge in [0.1, 0.15) is 12.4 Å². The summed E-state index contributed by atoms with van der Waals surface area (Å²) in [6, 6.07) is 0. The van der Waals surface area contributed by atoms with E-state index >= 15 is 0 Å². The molecule has 1 heterocycles. The fourth-order valence-electron chi connectivity index (χ4n) is 0.655. The Morgan fingerprint density at radius 1 is 1.00 bits per heavy atom. The molecule has 0 saturated carbocycles. The van der Waals surface area contributed by atoms with E-state index in [1.165, 1.54) is 0 Å². The molecule has 0 unspecified atom stereocenters. The minimum Gasteiger partial charge on any atom is -0.142 e. The van der Waals surface area contributed by atoms with Crippen LogP contribution in [-0.2, 0) is 12.6 Å². The molecule has 0 atom stereocenters. The van der Waals surface area contributed by atoms with Crippen LogP contribution in [0.1, 0.15) is 0 Å². The zero-order valence-corrected chi connectivity index (χ0v) is 5.89. The molecule has 0 N–H and O–H groups in total. The molecule has 0 fully saturated rings. The lowest BCUT2D eigenvalue weighted by molar-refractivity contribution is -0.854. The molecule has 0 bridgehead atoms. The van der Waals surface area contributed by atoms with Gasteiger partial charge in [-0.05, 0) is 0 Å². The van der Waals surface area contributed by atoms with E-state index in [4.69, 9.17) is 0 Å². The zero-order valence-electron chi connectivity index (χ0n) is 5.89. The highest BCUT2D eigenvalue weighted by molar-refractivity contribution is 4.69. The maximum atomic E-state index is 11.8. The van der Waals surface area contributed by atoms with Crippen molar-refractivity contribution in [1.29, 1.82) is 0 Å². The van der Waals surface area contributed by atoms with Crippen LogP contribution in [0.25, 0.3) is 0 Å². The van der Waals surface area contributed by atoms with Crippen molar-refractivity contribution in [1.82, 2.24) is 4.57 Å². The van der Waals surface area contributed by atoms with E-state index in [9.17, 15) is 26.3 Å². The smallest absolute Gasteiger partial charge is 0.142 e. The van der Waals surface area contributed by atoms with Crippen molar-refractivity contribution in [3.63, 3.8) is 0 Å².